The summed E-state index contributed by atoms with van der Waals surface area (Å²) in [5.41, 5.74) is 1.50. The standard InChI is InChI=1S/C27H49N.ClH/c1-4-7-8-9-10-11-12-13-14-15-16-17-18-22-25-27(28(5-2)6-3)26-23-20-19-21-24-26;/h19-21,23-24,27H,4-18,22,25H2,1-3H3;1H. The second kappa shape index (κ2) is 20.7. The molecule has 0 fully saturated rings. The highest BCUT2D eigenvalue weighted by molar-refractivity contribution is 5.85. The fourth-order valence-corrected chi connectivity index (χ4v) is 4.43. The number of halogens is 1. The first-order valence-corrected chi connectivity index (χ1v) is 12.6. The van der Waals surface area contributed by atoms with Crippen LogP contribution in [0.5, 0.6) is 0 Å². The summed E-state index contributed by atoms with van der Waals surface area (Å²) in [5.74, 6) is 0. The van der Waals surface area contributed by atoms with Gasteiger partial charge in [-0.3, -0.25) is 4.90 Å². The molecule has 0 aliphatic heterocycles. The lowest BCUT2D eigenvalue weighted by molar-refractivity contribution is 0.204. The Kier molecular flexibility index (Phi) is 20.4. The highest BCUT2D eigenvalue weighted by Crippen LogP contribution is 2.26. The summed E-state index contributed by atoms with van der Waals surface area (Å²) >= 11 is 0. The third-order valence-corrected chi connectivity index (χ3v) is 6.27. The van der Waals surface area contributed by atoms with Gasteiger partial charge in [-0.1, -0.05) is 141 Å². The predicted molar refractivity (Wildman–Crippen MR) is 134 cm³/mol. The predicted octanol–water partition coefficient (Wildman–Crippen LogP) is 9.36. The average Bonchev–Trinajstić information content (AvgIpc) is 2.74. The summed E-state index contributed by atoms with van der Waals surface area (Å²) in [6, 6.07) is 11.7. The second-order valence-corrected chi connectivity index (χ2v) is 8.53. The maximum atomic E-state index is 2.62. The van der Waals surface area contributed by atoms with Crippen LogP contribution in [0.4, 0.5) is 0 Å². The van der Waals surface area contributed by atoms with Gasteiger partial charge in [0.2, 0.25) is 0 Å². The summed E-state index contributed by atoms with van der Waals surface area (Å²) in [7, 11) is 0. The molecule has 0 aliphatic carbocycles. The highest BCUT2D eigenvalue weighted by Gasteiger charge is 2.16. The Morgan fingerprint density at radius 2 is 1.00 bits per heavy atom. The Morgan fingerprint density at radius 3 is 1.41 bits per heavy atom. The van der Waals surface area contributed by atoms with Crippen LogP contribution < -0.4 is 0 Å². The lowest BCUT2D eigenvalue weighted by Crippen LogP contribution is -2.28. The molecule has 1 rings (SSSR count). The van der Waals surface area contributed by atoms with Crippen molar-refractivity contribution in [3.63, 3.8) is 0 Å². The largest absolute Gasteiger partial charge is 0.297 e. The number of rotatable bonds is 19. The van der Waals surface area contributed by atoms with E-state index in [2.05, 4.69) is 56.0 Å². The van der Waals surface area contributed by atoms with Crippen LogP contribution in [0.25, 0.3) is 0 Å². The summed E-state index contributed by atoms with van der Waals surface area (Å²) in [6.45, 7) is 9.19. The molecule has 1 atom stereocenters. The van der Waals surface area contributed by atoms with Crippen LogP contribution in [0.3, 0.4) is 0 Å². The molecular formula is C27H50ClN. The van der Waals surface area contributed by atoms with Crippen molar-refractivity contribution in [1.82, 2.24) is 4.90 Å². The SMILES string of the molecule is CCCCCCCCCCCCCCCCC(c1ccccc1)N(CC)CC.Cl. The Balaban J connectivity index is 0.00000784. The lowest BCUT2D eigenvalue weighted by Gasteiger charge is -2.30. The van der Waals surface area contributed by atoms with Gasteiger partial charge >= 0.3 is 0 Å². The Bertz CT molecular complexity index is 429. The van der Waals surface area contributed by atoms with Gasteiger partial charge in [-0.05, 0) is 25.1 Å². The smallest absolute Gasteiger partial charge is 0.0347 e. The van der Waals surface area contributed by atoms with E-state index in [9.17, 15) is 0 Å². The van der Waals surface area contributed by atoms with Gasteiger partial charge in [-0.2, -0.15) is 0 Å². The Labute approximate surface area is 189 Å². The van der Waals surface area contributed by atoms with Crippen LogP contribution in [0, 0.1) is 0 Å². The molecule has 0 spiro atoms. The van der Waals surface area contributed by atoms with E-state index >= 15 is 0 Å². The molecule has 0 heterocycles. The van der Waals surface area contributed by atoms with Gasteiger partial charge in [-0.25, -0.2) is 0 Å². The van der Waals surface area contributed by atoms with Crippen LogP contribution in [-0.4, -0.2) is 18.0 Å². The van der Waals surface area contributed by atoms with Gasteiger partial charge in [-0.15, -0.1) is 12.4 Å². The monoisotopic (exact) mass is 423 g/mol. The Morgan fingerprint density at radius 1 is 0.586 bits per heavy atom. The molecule has 1 nitrogen and oxygen atoms in total. The van der Waals surface area contributed by atoms with Crippen LogP contribution >= 0.6 is 12.4 Å². The van der Waals surface area contributed by atoms with Crippen molar-refractivity contribution in [3.8, 4) is 0 Å². The molecule has 0 saturated carbocycles. The molecule has 1 aromatic rings. The van der Waals surface area contributed by atoms with Crippen LogP contribution in [-0.2, 0) is 0 Å². The van der Waals surface area contributed by atoms with Crippen molar-refractivity contribution < 1.29 is 0 Å². The normalized spacial score (nSPS) is 12.1. The number of nitrogens with zero attached hydrogens (tertiary/aromatic N) is 1. The average molecular weight is 424 g/mol. The van der Waals surface area contributed by atoms with E-state index in [1.807, 2.05) is 0 Å². The van der Waals surface area contributed by atoms with E-state index in [4.69, 9.17) is 0 Å². The summed E-state index contributed by atoms with van der Waals surface area (Å²) in [5, 5.41) is 0. The number of benzene rings is 1. The minimum absolute atomic E-state index is 0. The van der Waals surface area contributed by atoms with Gasteiger partial charge in [0.25, 0.3) is 0 Å². The number of hydrogen-bond donors (Lipinski definition) is 0. The fraction of sp³-hybridized carbons (Fsp3) is 0.778. The zero-order chi connectivity index (χ0) is 20.3. The second-order valence-electron chi connectivity index (χ2n) is 8.53. The van der Waals surface area contributed by atoms with Gasteiger partial charge in [0.15, 0.2) is 0 Å². The molecule has 0 aromatic heterocycles. The van der Waals surface area contributed by atoms with Crippen LogP contribution in [0.2, 0.25) is 0 Å². The molecule has 2 heteroatoms. The van der Waals surface area contributed by atoms with E-state index in [0.717, 1.165) is 13.1 Å². The fourth-order valence-electron chi connectivity index (χ4n) is 4.43. The van der Waals surface area contributed by atoms with E-state index in [-0.39, 0.29) is 12.4 Å². The minimum atomic E-state index is 0. The van der Waals surface area contributed by atoms with Crippen LogP contribution in [0.1, 0.15) is 129 Å². The van der Waals surface area contributed by atoms with Gasteiger partial charge in [0.05, 0.1) is 0 Å². The Hall–Kier alpha value is -0.530. The van der Waals surface area contributed by atoms with E-state index in [0.29, 0.717) is 6.04 Å². The highest BCUT2D eigenvalue weighted by atomic mass is 35.5. The van der Waals surface area contributed by atoms with E-state index in [1.165, 1.54) is 102 Å². The first-order valence-electron chi connectivity index (χ1n) is 12.6. The maximum absolute atomic E-state index is 2.62. The molecule has 0 radical (unpaired) electrons. The van der Waals surface area contributed by atoms with E-state index < -0.39 is 0 Å². The van der Waals surface area contributed by atoms with Crippen molar-refractivity contribution in [1.29, 1.82) is 0 Å². The molecule has 170 valence electrons. The molecule has 0 bridgehead atoms. The molecule has 0 aliphatic rings. The van der Waals surface area contributed by atoms with Crippen LogP contribution in [0.15, 0.2) is 30.3 Å². The quantitative estimate of drug-likeness (QED) is 0.200. The third-order valence-electron chi connectivity index (χ3n) is 6.27. The summed E-state index contributed by atoms with van der Waals surface area (Å²) < 4.78 is 0. The topological polar surface area (TPSA) is 3.24 Å². The third kappa shape index (κ3) is 14.2. The van der Waals surface area contributed by atoms with E-state index in [1.54, 1.807) is 0 Å². The summed E-state index contributed by atoms with van der Waals surface area (Å²) in [4.78, 5) is 2.62. The van der Waals surface area contributed by atoms with Gasteiger partial charge < -0.3 is 0 Å². The minimum Gasteiger partial charge on any atom is -0.297 e. The summed E-state index contributed by atoms with van der Waals surface area (Å²) in [6.07, 6.45) is 21.4. The number of hydrogen-bond acceptors (Lipinski definition) is 1. The molecular weight excluding hydrogens is 374 g/mol. The molecule has 0 amide bonds. The van der Waals surface area contributed by atoms with Gasteiger partial charge in [0, 0.05) is 6.04 Å². The van der Waals surface area contributed by atoms with Crippen molar-refractivity contribution in [2.45, 2.75) is 123 Å². The molecule has 0 saturated heterocycles. The zero-order valence-corrected chi connectivity index (χ0v) is 20.7. The molecule has 1 unspecified atom stereocenters. The van der Waals surface area contributed by atoms with Crippen molar-refractivity contribution in [3.05, 3.63) is 35.9 Å². The zero-order valence-electron chi connectivity index (χ0n) is 19.8. The van der Waals surface area contributed by atoms with Crippen molar-refractivity contribution >= 4 is 12.4 Å². The lowest BCUT2D eigenvalue weighted by atomic mass is 9.98. The molecule has 1 aromatic carbocycles. The maximum Gasteiger partial charge on any atom is 0.0347 e. The number of unbranched alkanes of at least 4 members (excludes halogenated alkanes) is 13. The molecule has 29 heavy (non-hydrogen) atoms. The first kappa shape index (κ1) is 28.5. The van der Waals surface area contributed by atoms with Crippen molar-refractivity contribution in [2.24, 2.45) is 0 Å². The van der Waals surface area contributed by atoms with Gasteiger partial charge in [0.1, 0.15) is 0 Å². The first-order chi connectivity index (χ1) is 13.8. The van der Waals surface area contributed by atoms with Crippen molar-refractivity contribution in [2.75, 3.05) is 13.1 Å². The molecule has 0 N–H and O–H groups in total.